The van der Waals surface area contributed by atoms with Gasteiger partial charge in [0.2, 0.25) is 5.91 Å². The lowest BCUT2D eigenvalue weighted by atomic mass is 9.95. The Balaban J connectivity index is 2.82. The van der Waals surface area contributed by atoms with Gasteiger partial charge >= 0.3 is 0 Å². The van der Waals surface area contributed by atoms with Crippen LogP contribution in [0.15, 0.2) is 18.2 Å². The zero-order chi connectivity index (χ0) is 13.7. The van der Waals surface area contributed by atoms with Gasteiger partial charge in [-0.05, 0) is 24.1 Å². The van der Waals surface area contributed by atoms with Gasteiger partial charge in [-0.1, -0.05) is 25.4 Å². The summed E-state index contributed by atoms with van der Waals surface area (Å²) in [5, 5.41) is 11.8. The van der Waals surface area contributed by atoms with E-state index in [0.29, 0.717) is 22.8 Å². The highest BCUT2D eigenvalue weighted by Gasteiger charge is 2.20. The fourth-order valence-corrected chi connectivity index (χ4v) is 1.82. The number of nitrogens with zero attached hydrogens (tertiary/aromatic N) is 1. The van der Waals surface area contributed by atoms with Crippen molar-refractivity contribution in [1.82, 2.24) is 0 Å². The molecule has 0 bridgehead atoms. The molecule has 1 amide bonds. The van der Waals surface area contributed by atoms with E-state index < -0.39 is 0 Å². The summed E-state index contributed by atoms with van der Waals surface area (Å²) in [7, 11) is 0. The van der Waals surface area contributed by atoms with Crippen LogP contribution in [0.1, 0.15) is 19.4 Å². The number of carbonyl (C=O) groups is 1. The van der Waals surface area contributed by atoms with E-state index in [0.717, 1.165) is 0 Å². The second-order valence-electron chi connectivity index (χ2n) is 4.38. The molecule has 3 N–H and O–H groups in total. The van der Waals surface area contributed by atoms with Crippen LogP contribution in [0.4, 0.5) is 5.69 Å². The maximum Gasteiger partial charge on any atom is 0.229 e. The summed E-state index contributed by atoms with van der Waals surface area (Å²) in [6.45, 7) is 4.19. The lowest BCUT2D eigenvalue weighted by Crippen LogP contribution is -2.33. The lowest BCUT2D eigenvalue weighted by molar-refractivity contribution is -0.120. The molecule has 0 aliphatic carbocycles. The first-order valence-electron chi connectivity index (χ1n) is 5.70. The smallest absolute Gasteiger partial charge is 0.229 e. The minimum atomic E-state index is -0.237. The Kier molecular flexibility index (Phi) is 5.14. The number of halogens is 1. The van der Waals surface area contributed by atoms with Crippen molar-refractivity contribution in [3.05, 3.63) is 28.8 Å². The van der Waals surface area contributed by atoms with Gasteiger partial charge in [-0.25, -0.2) is 0 Å². The minimum Gasteiger partial charge on any atom is -0.330 e. The van der Waals surface area contributed by atoms with Gasteiger partial charge in [-0.3, -0.25) is 4.79 Å². The average molecular weight is 266 g/mol. The Morgan fingerprint density at radius 1 is 1.56 bits per heavy atom. The van der Waals surface area contributed by atoms with Gasteiger partial charge in [0.05, 0.1) is 16.5 Å². The summed E-state index contributed by atoms with van der Waals surface area (Å²) < 4.78 is 0. The maximum atomic E-state index is 12.0. The molecule has 0 saturated carbocycles. The van der Waals surface area contributed by atoms with Gasteiger partial charge in [0.25, 0.3) is 0 Å². The molecule has 5 heteroatoms. The standard InChI is InChI=1S/C13H16ClN3O/c1-8(2)11(7-16)13(18)17-10-4-3-9(6-15)12(14)5-10/h3-5,8,11H,7,16H2,1-2H3,(H,17,18). The number of hydrogen-bond acceptors (Lipinski definition) is 3. The van der Waals surface area contributed by atoms with Crippen molar-refractivity contribution in [3.8, 4) is 6.07 Å². The Hall–Kier alpha value is -1.57. The first-order valence-corrected chi connectivity index (χ1v) is 6.08. The zero-order valence-electron chi connectivity index (χ0n) is 10.4. The predicted octanol–water partition coefficient (Wildman–Crippen LogP) is 2.38. The summed E-state index contributed by atoms with van der Waals surface area (Å²) >= 11 is 5.89. The number of amides is 1. The third-order valence-electron chi connectivity index (χ3n) is 2.75. The lowest BCUT2D eigenvalue weighted by Gasteiger charge is -2.18. The quantitative estimate of drug-likeness (QED) is 0.877. The highest BCUT2D eigenvalue weighted by molar-refractivity contribution is 6.32. The second kappa shape index (κ2) is 6.39. The third kappa shape index (κ3) is 3.46. The molecule has 0 fully saturated rings. The van der Waals surface area contributed by atoms with E-state index in [1.54, 1.807) is 18.2 Å². The summed E-state index contributed by atoms with van der Waals surface area (Å²) in [5.41, 5.74) is 6.53. The van der Waals surface area contributed by atoms with Crippen LogP contribution >= 0.6 is 11.6 Å². The Bertz CT molecular complexity index is 480. The molecule has 18 heavy (non-hydrogen) atoms. The van der Waals surface area contributed by atoms with Crippen LogP contribution in [-0.2, 0) is 4.79 Å². The number of carbonyl (C=O) groups excluding carboxylic acids is 1. The monoisotopic (exact) mass is 265 g/mol. The molecule has 0 radical (unpaired) electrons. The van der Waals surface area contributed by atoms with Gasteiger partial charge in [-0.2, -0.15) is 5.26 Å². The van der Waals surface area contributed by atoms with Crippen LogP contribution < -0.4 is 11.1 Å². The van der Waals surface area contributed by atoms with Gasteiger partial charge in [-0.15, -0.1) is 0 Å². The average Bonchev–Trinajstić information content (AvgIpc) is 2.29. The Labute approximate surface area is 112 Å². The van der Waals surface area contributed by atoms with E-state index in [9.17, 15) is 4.79 Å². The molecule has 0 saturated heterocycles. The highest BCUT2D eigenvalue weighted by Crippen LogP contribution is 2.21. The van der Waals surface area contributed by atoms with E-state index in [4.69, 9.17) is 22.6 Å². The first kappa shape index (κ1) is 14.5. The van der Waals surface area contributed by atoms with E-state index in [-0.39, 0.29) is 17.7 Å². The van der Waals surface area contributed by atoms with Crippen LogP contribution in [0, 0.1) is 23.2 Å². The largest absolute Gasteiger partial charge is 0.330 e. The van der Waals surface area contributed by atoms with Gasteiger partial charge < -0.3 is 11.1 Å². The summed E-state index contributed by atoms with van der Waals surface area (Å²) in [6, 6.07) is 6.75. The minimum absolute atomic E-state index is 0.131. The number of benzene rings is 1. The normalized spacial score (nSPS) is 12.0. The van der Waals surface area contributed by atoms with Gasteiger partial charge in [0.1, 0.15) is 6.07 Å². The Morgan fingerprint density at radius 3 is 2.67 bits per heavy atom. The third-order valence-corrected chi connectivity index (χ3v) is 3.07. The molecule has 1 atom stereocenters. The fraction of sp³-hybridized carbons (Fsp3) is 0.385. The van der Waals surface area contributed by atoms with Crippen molar-refractivity contribution < 1.29 is 4.79 Å². The fourth-order valence-electron chi connectivity index (χ4n) is 1.60. The maximum absolute atomic E-state index is 12.0. The molecule has 0 spiro atoms. The van der Waals surface area contributed by atoms with Crippen LogP contribution in [0.3, 0.4) is 0 Å². The molecule has 1 aromatic carbocycles. The van der Waals surface area contributed by atoms with E-state index in [1.165, 1.54) is 0 Å². The van der Waals surface area contributed by atoms with Crippen LogP contribution in [0.5, 0.6) is 0 Å². The molecular formula is C13H16ClN3O. The molecule has 96 valence electrons. The van der Waals surface area contributed by atoms with Crippen LogP contribution in [0.2, 0.25) is 5.02 Å². The van der Waals surface area contributed by atoms with Gasteiger partial charge in [0, 0.05) is 12.2 Å². The Morgan fingerprint density at radius 2 is 2.22 bits per heavy atom. The van der Waals surface area contributed by atoms with Crippen LogP contribution in [0.25, 0.3) is 0 Å². The SMILES string of the molecule is CC(C)C(CN)C(=O)Nc1ccc(C#N)c(Cl)c1. The molecule has 1 rings (SSSR count). The number of nitrogens with two attached hydrogens (primary N) is 1. The molecule has 1 unspecified atom stereocenters. The summed E-state index contributed by atoms with van der Waals surface area (Å²) in [6.07, 6.45) is 0. The number of nitrogens with one attached hydrogen (secondary N) is 1. The van der Waals surface area contributed by atoms with Gasteiger partial charge in [0.15, 0.2) is 0 Å². The van der Waals surface area contributed by atoms with Crippen molar-refractivity contribution in [2.24, 2.45) is 17.6 Å². The number of anilines is 1. The predicted molar refractivity (Wildman–Crippen MR) is 72.2 cm³/mol. The molecule has 0 aromatic heterocycles. The van der Waals surface area contributed by atoms with E-state index >= 15 is 0 Å². The van der Waals surface area contributed by atoms with Crippen molar-refractivity contribution in [2.75, 3.05) is 11.9 Å². The molecule has 0 heterocycles. The van der Waals surface area contributed by atoms with Crippen molar-refractivity contribution in [3.63, 3.8) is 0 Å². The highest BCUT2D eigenvalue weighted by atomic mass is 35.5. The zero-order valence-corrected chi connectivity index (χ0v) is 11.2. The van der Waals surface area contributed by atoms with Crippen LogP contribution in [-0.4, -0.2) is 12.5 Å². The summed E-state index contributed by atoms with van der Waals surface area (Å²) in [4.78, 5) is 12.0. The number of rotatable bonds is 4. The van der Waals surface area contributed by atoms with E-state index in [1.807, 2.05) is 19.9 Å². The summed E-state index contributed by atoms with van der Waals surface area (Å²) in [5.74, 6) is -0.198. The van der Waals surface area contributed by atoms with Crippen molar-refractivity contribution in [1.29, 1.82) is 5.26 Å². The molecular weight excluding hydrogens is 250 g/mol. The molecule has 0 aliphatic rings. The second-order valence-corrected chi connectivity index (χ2v) is 4.79. The first-order chi connectivity index (χ1) is 8.49. The topological polar surface area (TPSA) is 78.9 Å². The van der Waals surface area contributed by atoms with Crippen molar-refractivity contribution >= 4 is 23.2 Å². The number of hydrogen-bond donors (Lipinski definition) is 2. The van der Waals surface area contributed by atoms with E-state index in [2.05, 4.69) is 5.32 Å². The molecule has 0 aliphatic heterocycles. The molecule has 1 aromatic rings. The van der Waals surface area contributed by atoms with Crippen molar-refractivity contribution in [2.45, 2.75) is 13.8 Å². The molecule has 4 nitrogen and oxygen atoms in total. The number of nitriles is 1.